The molecule has 1 aliphatic rings. The van der Waals surface area contributed by atoms with Crippen molar-refractivity contribution in [1.29, 1.82) is 0 Å². The normalized spacial score (nSPS) is 34.0. The van der Waals surface area contributed by atoms with Crippen LogP contribution in [0.25, 0.3) is 0 Å². The van der Waals surface area contributed by atoms with Crippen molar-refractivity contribution in [2.24, 2.45) is 11.8 Å². The Labute approximate surface area is 98.5 Å². The van der Waals surface area contributed by atoms with Crippen molar-refractivity contribution in [2.75, 3.05) is 6.61 Å². The molecule has 0 radical (unpaired) electrons. The van der Waals surface area contributed by atoms with Crippen molar-refractivity contribution >= 4 is 5.97 Å². The van der Waals surface area contributed by atoms with E-state index in [1.807, 2.05) is 0 Å². The van der Waals surface area contributed by atoms with Crippen LogP contribution in [0.4, 0.5) is 0 Å². The number of ether oxygens (including phenoxy) is 2. The van der Waals surface area contributed by atoms with Crippen LogP contribution in [0.2, 0.25) is 0 Å². The predicted molar refractivity (Wildman–Crippen MR) is 63.1 cm³/mol. The number of carbonyl (C=O) groups excluding carboxylic acids is 1. The van der Waals surface area contributed by atoms with E-state index >= 15 is 0 Å². The third kappa shape index (κ3) is 3.48. The van der Waals surface area contributed by atoms with Gasteiger partial charge in [0.15, 0.2) is 0 Å². The van der Waals surface area contributed by atoms with Gasteiger partial charge in [0.05, 0.1) is 18.8 Å². The highest BCUT2D eigenvalue weighted by Crippen LogP contribution is 2.35. The summed E-state index contributed by atoms with van der Waals surface area (Å²) in [4.78, 5) is 10.6. The second-order valence-corrected chi connectivity index (χ2v) is 4.82. The molecular weight excluding hydrogens is 204 g/mol. The fourth-order valence-corrected chi connectivity index (χ4v) is 2.45. The monoisotopic (exact) mass is 228 g/mol. The molecule has 1 heterocycles. The molecule has 0 spiro atoms. The first-order valence-electron chi connectivity index (χ1n) is 6.35. The molecule has 0 bridgehead atoms. The minimum absolute atomic E-state index is 0.194. The summed E-state index contributed by atoms with van der Waals surface area (Å²) >= 11 is 0. The average Bonchev–Trinajstić information content (AvgIpc) is 2.51. The Kier molecular flexibility index (Phi) is 5.26. The van der Waals surface area contributed by atoms with Gasteiger partial charge in [-0.15, -0.1) is 0 Å². The van der Waals surface area contributed by atoms with E-state index in [0.717, 1.165) is 19.3 Å². The lowest BCUT2D eigenvalue weighted by Crippen LogP contribution is -2.17. The maximum Gasteiger partial charge on any atom is 0.302 e. The lowest BCUT2D eigenvalue weighted by atomic mass is 9.88. The van der Waals surface area contributed by atoms with Gasteiger partial charge in [0.1, 0.15) is 0 Å². The first-order chi connectivity index (χ1) is 7.56. The highest BCUT2D eigenvalue weighted by molar-refractivity contribution is 5.65. The van der Waals surface area contributed by atoms with Gasteiger partial charge in [0.25, 0.3) is 0 Å². The van der Waals surface area contributed by atoms with Crippen LogP contribution in [-0.4, -0.2) is 24.8 Å². The van der Waals surface area contributed by atoms with Gasteiger partial charge in [-0.05, 0) is 31.1 Å². The molecule has 3 heteroatoms. The minimum atomic E-state index is -0.194. The van der Waals surface area contributed by atoms with Gasteiger partial charge in [0.2, 0.25) is 0 Å². The highest BCUT2D eigenvalue weighted by Gasteiger charge is 2.37. The Balaban J connectivity index is 2.25. The van der Waals surface area contributed by atoms with Gasteiger partial charge in [-0.25, -0.2) is 0 Å². The van der Waals surface area contributed by atoms with Gasteiger partial charge >= 0.3 is 5.97 Å². The van der Waals surface area contributed by atoms with Gasteiger partial charge in [-0.3, -0.25) is 4.79 Å². The molecular formula is C13H24O3. The third-order valence-corrected chi connectivity index (χ3v) is 3.69. The van der Waals surface area contributed by atoms with Crippen LogP contribution in [0.5, 0.6) is 0 Å². The van der Waals surface area contributed by atoms with Crippen LogP contribution in [0.1, 0.15) is 47.0 Å². The van der Waals surface area contributed by atoms with Gasteiger partial charge in [0, 0.05) is 6.92 Å². The molecule has 3 nitrogen and oxygen atoms in total. The average molecular weight is 228 g/mol. The number of hydrogen-bond donors (Lipinski definition) is 0. The SMILES string of the molecule is CC[C@@H]1O[C@H](CCCOC(C)=O)C(C)C1C. The lowest BCUT2D eigenvalue weighted by Gasteiger charge is -2.15. The first-order valence-corrected chi connectivity index (χ1v) is 6.35. The van der Waals surface area contributed by atoms with Gasteiger partial charge in [-0.2, -0.15) is 0 Å². The summed E-state index contributed by atoms with van der Waals surface area (Å²) in [5, 5.41) is 0. The molecule has 0 N–H and O–H groups in total. The summed E-state index contributed by atoms with van der Waals surface area (Å²) in [6.07, 6.45) is 3.74. The Bertz CT molecular complexity index is 227. The molecule has 0 aromatic rings. The summed E-state index contributed by atoms with van der Waals surface area (Å²) in [5.41, 5.74) is 0. The molecule has 0 aromatic heterocycles. The van der Waals surface area contributed by atoms with E-state index in [2.05, 4.69) is 20.8 Å². The fourth-order valence-electron chi connectivity index (χ4n) is 2.45. The van der Waals surface area contributed by atoms with E-state index in [-0.39, 0.29) is 5.97 Å². The van der Waals surface area contributed by atoms with Crippen LogP contribution < -0.4 is 0 Å². The second kappa shape index (κ2) is 6.24. The van der Waals surface area contributed by atoms with Gasteiger partial charge in [-0.1, -0.05) is 20.8 Å². The zero-order valence-corrected chi connectivity index (χ0v) is 10.9. The van der Waals surface area contributed by atoms with Crippen LogP contribution >= 0.6 is 0 Å². The van der Waals surface area contributed by atoms with Gasteiger partial charge < -0.3 is 9.47 Å². The summed E-state index contributed by atoms with van der Waals surface area (Å²) in [6, 6.07) is 0. The predicted octanol–water partition coefficient (Wildman–Crippen LogP) is 2.78. The van der Waals surface area contributed by atoms with E-state index < -0.39 is 0 Å². The molecule has 1 fully saturated rings. The van der Waals surface area contributed by atoms with Crippen molar-refractivity contribution < 1.29 is 14.3 Å². The number of carbonyl (C=O) groups is 1. The minimum Gasteiger partial charge on any atom is -0.466 e. The molecule has 4 atom stereocenters. The summed E-state index contributed by atoms with van der Waals surface area (Å²) in [6.45, 7) is 8.67. The second-order valence-electron chi connectivity index (χ2n) is 4.82. The van der Waals surface area contributed by atoms with Crippen molar-refractivity contribution in [3.63, 3.8) is 0 Å². The van der Waals surface area contributed by atoms with E-state index in [4.69, 9.17) is 9.47 Å². The zero-order valence-electron chi connectivity index (χ0n) is 10.9. The van der Waals surface area contributed by atoms with Crippen LogP contribution in [0, 0.1) is 11.8 Å². The van der Waals surface area contributed by atoms with E-state index in [0.29, 0.717) is 30.7 Å². The standard InChI is InChI=1S/C13H24O3/c1-5-12-9(2)10(3)13(16-12)7-6-8-15-11(4)14/h9-10,12-13H,5-8H2,1-4H3/t9?,10?,12-,13+/m0/s1. The summed E-state index contributed by atoms with van der Waals surface area (Å²) in [5.74, 6) is 1.06. The lowest BCUT2D eigenvalue weighted by molar-refractivity contribution is -0.141. The van der Waals surface area contributed by atoms with Crippen molar-refractivity contribution in [2.45, 2.75) is 59.2 Å². The van der Waals surface area contributed by atoms with E-state index in [1.165, 1.54) is 6.92 Å². The van der Waals surface area contributed by atoms with Crippen LogP contribution in [0.15, 0.2) is 0 Å². The van der Waals surface area contributed by atoms with E-state index in [9.17, 15) is 4.79 Å². The molecule has 0 aromatic carbocycles. The molecule has 94 valence electrons. The molecule has 0 saturated carbocycles. The Hall–Kier alpha value is -0.570. The number of esters is 1. The van der Waals surface area contributed by atoms with Crippen LogP contribution in [-0.2, 0) is 14.3 Å². The number of rotatable bonds is 5. The first kappa shape index (κ1) is 13.5. The molecule has 1 rings (SSSR count). The Morgan fingerprint density at radius 3 is 2.38 bits per heavy atom. The maximum absolute atomic E-state index is 10.6. The quantitative estimate of drug-likeness (QED) is 0.536. The third-order valence-electron chi connectivity index (χ3n) is 3.69. The van der Waals surface area contributed by atoms with Crippen molar-refractivity contribution in [3.05, 3.63) is 0 Å². The highest BCUT2D eigenvalue weighted by atomic mass is 16.5. The molecule has 1 saturated heterocycles. The zero-order chi connectivity index (χ0) is 12.1. The smallest absolute Gasteiger partial charge is 0.302 e. The summed E-state index contributed by atoms with van der Waals surface area (Å²) < 4.78 is 10.9. The molecule has 1 aliphatic heterocycles. The largest absolute Gasteiger partial charge is 0.466 e. The fraction of sp³-hybridized carbons (Fsp3) is 0.923. The number of hydrogen-bond acceptors (Lipinski definition) is 3. The maximum atomic E-state index is 10.6. The molecule has 0 amide bonds. The summed E-state index contributed by atoms with van der Waals surface area (Å²) in [7, 11) is 0. The van der Waals surface area contributed by atoms with E-state index in [1.54, 1.807) is 0 Å². The molecule has 16 heavy (non-hydrogen) atoms. The molecule has 2 unspecified atom stereocenters. The van der Waals surface area contributed by atoms with Crippen LogP contribution in [0.3, 0.4) is 0 Å². The molecule has 0 aliphatic carbocycles. The van der Waals surface area contributed by atoms with Crippen molar-refractivity contribution in [3.8, 4) is 0 Å². The van der Waals surface area contributed by atoms with Crippen molar-refractivity contribution in [1.82, 2.24) is 0 Å². The Morgan fingerprint density at radius 1 is 1.25 bits per heavy atom. The Morgan fingerprint density at radius 2 is 1.88 bits per heavy atom. The topological polar surface area (TPSA) is 35.5 Å².